The van der Waals surface area contributed by atoms with Gasteiger partial charge in [-0.2, -0.15) is 0 Å². The molecule has 0 spiro atoms. The van der Waals surface area contributed by atoms with Gasteiger partial charge in [-0.25, -0.2) is 4.79 Å². The van der Waals surface area contributed by atoms with Crippen LogP contribution < -0.4 is 0 Å². The van der Waals surface area contributed by atoms with E-state index in [0.29, 0.717) is 36.2 Å². The Balaban J connectivity index is 0.000000244. The Bertz CT molecular complexity index is 1350. The first-order valence-corrected chi connectivity index (χ1v) is 15.0. The minimum absolute atomic E-state index is 0.0160. The Kier molecular flexibility index (Phi) is 8.51. The van der Waals surface area contributed by atoms with Gasteiger partial charge in [0.1, 0.15) is 17.1 Å². The second-order valence-electron chi connectivity index (χ2n) is 12.9. The van der Waals surface area contributed by atoms with E-state index in [2.05, 4.69) is 26.8 Å². The molecule has 0 aromatic heterocycles. The largest absolute Gasteiger partial charge is 0.508 e. The van der Waals surface area contributed by atoms with Crippen LogP contribution in [0.3, 0.4) is 0 Å². The molecule has 0 amide bonds. The maximum absolute atomic E-state index is 12.8. The number of aromatic hydroxyl groups is 2. The minimum atomic E-state index is -0.990. The molecule has 8 nitrogen and oxygen atoms in total. The van der Waals surface area contributed by atoms with Gasteiger partial charge in [0.05, 0.1) is 6.61 Å². The normalized spacial score (nSPS) is 33.0. The van der Waals surface area contributed by atoms with Gasteiger partial charge in [-0.1, -0.05) is 25.5 Å². The molecule has 0 radical (unpaired) electrons. The number of aryl methyl sites for hydroxylation is 1. The van der Waals surface area contributed by atoms with Crippen LogP contribution in [-0.2, 0) is 23.9 Å². The number of rotatable bonds is 4. The molecule has 0 saturated heterocycles. The molecule has 0 heterocycles. The number of ketones is 2. The van der Waals surface area contributed by atoms with Gasteiger partial charge in [0, 0.05) is 24.8 Å². The van der Waals surface area contributed by atoms with Crippen molar-refractivity contribution in [1.82, 2.24) is 0 Å². The number of benzene rings is 1. The lowest BCUT2D eigenvalue weighted by Crippen LogP contribution is -2.58. The van der Waals surface area contributed by atoms with Crippen molar-refractivity contribution in [2.75, 3.05) is 6.61 Å². The standard InChI is InChI=1S/C24H32O4.C10H12O4/c1-14-12-18-19(22(4)9-6-17(27)13-21(14)22)7-10-23(5)20(18)8-11-24(23,15(2)25)28-16(3)26;1-3-14-10(13)9-6(2)4-7(11)5-8(9)12/h12-13,18-20H,6-11H2,1-5H3;4-5,11-12H,3H2,1-2H3. The molecule has 228 valence electrons. The molecule has 8 heteroatoms. The summed E-state index contributed by atoms with van der Waals surface area (Å²) in [5, 5.41) is 18.5. The third-order valence-corrected chi connectivity index (χ3v) is 10.6. The average Bonchev–Trinajstić information content (AvgIpc) is 3.18. The molecule has 2 fully saturated rings. The second-order valence-corrected chi connectivity index (χ2v) is 12.9. The van der Waals surface area contributed by atoms with E-state index in [-0.39, 0.29) is 52.0 Å². The quantitative estimate of drug-likeness (QED) is 0.406. The molecule has 0 bridgehead atoms. The van der Waals surface area contributed by atoms with Crippen molar-refractivity contribution in [3.63, 3.8) is 0 Å². The monoisotopic (exact) mass is 580 g/mol. The summed E-state index contributed by atoms with van der Waals surface area (Å²) in [5.41, 5.74) is 1.74. The van der Waals surface area contributed by atoms with Gasteiger partial charge in [-0.3, -0.25) is 14.4 Å². The van der Waals surface area contributed by atoms with Crippen LogP contribution in [0.1, 0.15) is 96.0 Å². The summed E-state index contributed by atoms with van der Waals surface area (Å²) in [6, 6.07) is 2.51. The predicted molar refractivity (Wildman–Crippen MR) is 157 cm³/mol. The smallest absolute Gasteiger partial charge is 0.342 e. The first-order valence-electron chi connectivity index (χ1n) is 15.0. The van der Waals surface area contributed by atoms with Crippen molar-refractivity contribution in [2.45, 2.75) is 92.6 Å². The van der Waals surface area contributed by atoms with Crippen LogP contribution in [0.25, 0.3) is 0 Å². The Morgan fingerprint density at radius 3 is 2.26 bits per heavy atom. The lowest BCUT2D eigenvalue weighted by molar-refractivity contribution is -0.185. The summed E-state index contributed by atoms with van der Waals surface area (Å²) in [7, 11) is 0. The van der Waals surface area contributed by atoms with Crippen LogP contribution >= 0.6 is 0 Å². The summed E-state index contributed by atoms with van der Waals surface area (Å²) in [6.07, 6.45) is 9.20. The van der Waals surface area contributed by atoms with E-state index in [1.807, 2.05) is 6.08 Å². The third-order valence-electron chi connectivity index (χ3n) is 10.6. The zero-order chi connectivity index (χ0) is 31.2. The van der Waals surface area contributed by atoms with Crippen molar-refractivity contribution < 1.29 is 38.9 Å². The molecule has 2 N–H and O–H groups in total. The van der Waals surface area contributed by atoms with Gasteiger partial charge < -0.3 is 19.7 Å². The van der Waals surface area contributed by atoms with E-state index in [1.165, 1.54) is 24.1 Å². The number of carbonyl (C=O) groups is 4. The molecule has 6 unspecified atom stereocenters. The second kappa shape index (κ2) is 11.3. The fourth-order valence-electron chi connectivity index (χ4n) is 8.70. The number of allylic oxidation sites excluding steroid dienone is 4. The Morgan fingerprint density at radius 2 is 1.67 bits per heavy atom. The molecule has 0 aliphatic heterocycles. The number of Topliss-reactive ketones (excluding diaryl/α,β-unsaturated/α-hetero) is 1. The fraction of sp³-hybridized carbons (Fsp3) is 0.588. The molecule has 1 aromatic carbocycles. The highest BCUT2D eigenvalue weighted by Crippen LogP contribution is 2.67. The van der Waals surface area contributed by atoms with Crippen LogP contribution in [0, 0.1) is 35.5 Å². The molecule has 1 aromatic rings. The number of fused-ring (bicyclic) bond motifs is 5. The van der Waals surface area contributed by atoms with Crippen LogP contribution in [0.2, 0.25) is 0 Å². The van der Waals surface area contributed by atoms with Crippen molar-refractivity contribution in [3.05, 3.63) is 46.6 Å². The molecule has 4 aliphatic carbocycles. The average molecular weight is 581 g/mol. The zero-order valence-electron chi connectivity index (χ0n) is 25.8. The molecule has 2 saturated carbocycles. The topological polar surface area (TPSA) is 127 Å². The zero-order valence-corrected chi connectivity index (χ0v) is 25.8. The lowest BCUT2D eigenvalue weighted by Gasteiger charge is -2.58. The van der Waals surface area contributed by atoms with Crippen molar-refractivity contribution in [2.24, 2.45) is 28.6 Å². The van der Waals surface area contributed by atoms with Gasteiger partial charge in [-0.05, 0) is 106 Å². The number of hydrogen-bond donors (Lipinski definition) is 2. The van der Waals surface area contributed by atoms with E-state index < -0.39 is 11.6 Å². The Labute approximate surface area is 248 Å². The molecule has 5 rings (SSSR count). The van der Waals surface area contributed by atoms with Crippen LogP contribution in [0.15, 0.2) is 35.4 Å². The fourth-order valence-corrected chi connectivity index (χ4v) is 8.70. The molecular formula is C34H44O8. The van der Waals surface area contributed by atoms with E-state index in [0.717, 1.165) is 31.7 Å². The summed E-state index contributed by atoms with van der Waals surface area (Å²) < 4.78 is 10.6. The van der Waals surface area contributed by atoms with Crippen molar-refractivity contribution in [1.29, 1.82) is 0 Å². The number of ether oxygens (including phenoxy) is 2. The van der Waals surface area contributed by atoms with Crippen LogP contribution in [0.5, 0.6) is 11.5 Å². The highest BCUT2D eigenvalue weighted by Gasteiger charge is 2.67. The number of carbonyl (C=O) groups excluding carboxylic acids is 4. The predicted octanol–water partition coefficient (Wildman–Crippen LogP) is 6.16. The number of hydrogen-bond acceptors (Lipinski definition) is 8. The van der Waals surface area contributed by atoms with E-state index in [4.69, 9.17) is 14.6 Å². The number of phenols is 2. The maximum atomic E-state index is 12.8. The Hall–Kier alpha value is -3.42. The van der Waals surface area contributed by atoms with Gasteiger partial charge in [0.15, 0.2) is 17.2 Å². The Morgan fingerprint density at radius 1 is 1.00 bits per heavy atom. The first kappa shape index (κ1) is 31.5. The first-order chi connectivity index (χ1) is 19.6. The summed E-state index contributed by atoms with van der Waals surface area (Å²) >= 11 is 0. The SMILES string of the molecule is CC(=O)OC1(C(C)=O)CCC2C3C=C(C)C4=CC(=O)CCC4(C)C3CCC21C.CCOC(=O)c1c(C)cc(O)cc1O. The summed E-state index contributed by atoms with van der Waals surface area (Å²) in [5.74, 6) is 0.109. The molecular weight excluding hydrogens is 536 g/mol. The van der Waals surface area contributed by atoms with E-state index in [9.17, 15) is 24.3 Å². The van der Waals surface area contributed by atoms with Gasteiger partial charge >= 0.3 is 11.9 Å². The molecule has 42 heavy (non-hydrogen) atoms. The van der Waals surface area contributed by atoms with Crippen molar-refractivity contribution in [3.8, 4) is 11.5 Å². The van der Waals surface area contributed by atoms with E-state index in [1.54, 1.807) is 20.8 Å². The summed E-state index contributed by atoms with van der Waals surface area (Å²) in [4.78, 5) is 48.1. The lowest BCUT2D eigenvalue weighted by atomic mass is 9.47. The van der Waals surface area contributed by atoms with Crippen LogP contribution in [-0.4, -0.2) is 45.9 Å². The number of esters is 2. The summed E-state index contributed by atoms with van der Waals surface area (Å²) in [6.45, 7) is 13.2. The highest BCUT2D eigenvalue weighted by molar-refractivity contribution is 5.94. The van der Waals surface area contributed by atoms with Gasteiger partial charge in [-0.15, -0.1) is 0 Å². The van der Waals surface area contributed by atoms with E-state index >= 15 is 0 Å². The van der Waals surface area contributed by atoms with Gasteiger partial charge in [0.2, 0.25) is 0 Å². The maximum Gasteiger partial charge on any atom is 0.342 e. The van der Waals surface area contributed by atoms with Crippen LogP contribution in [0.4, 0.5) is 0 Å². The highest BCUT2D eigenvalue weighted by atomic mass is 16.6. The van der Waals surface area contributed by atoms with Crippen molar-refractivity contribution >= 4 is 23.5 Å². The van der Waals surface area contributed by atoms with Gasteiger partial charge in [0.25, 0.3) is 0 Å². The number of phenolic OH excluding ortho intramolecular Hbond substituents is 2. The third kappa shape index (κ3) is 5.07. The minimum Gasteiger partial charge on any atom is -0.508 e. The molecule has 4 aliphatic rings. The molecule has 6 atom stereocenters.